The zero-order chi connectivity index (χ0) is 17.7. The molecule has 24 heavy (non-hydrogen) atoms. The number of likely N-dealkylation sites (tertiary alicyclic amines) is 1. The second-order valence-corrected chi connectivity index (χ2v) is 7.56. The molecule has 0 saturated carbocycles. The molecule has 3 N–H and O–H groups in total. The van der Waals surface area contributed by atoms with E-state index in [9.17, 15) is 18.0 Å². The van der Waals surface area contributed by atoms with E-state index in [2.05, 4.69) is 10.0 Å². The van der Waals surface area contributed by atoms with Crippen molar-refractivity contribution >= 4 is 33.6 Å². The molecule has 1 aromatic carbocycles. The summed E-state index contributed by atoms with van der Waals surface area (Å²) in [6.07, 6.45) is 0.421. The zero-order valence-electron chi connectivity index (χ0n) is 12.7. The average Bonchev–Trinajstić information content (AvgIpc) is 3.02. The topological polar surface area (TPSA) is 116 Å². The number of urea groups is 1. The fourth-order valence-corrected chi connectivity index (χ4v) is 3.66. The number of aliphatic carboxylic acids is 1. The molecular weight excluding hydrogens is 358 g/mol. The second kappa shape index (κ2) is 7.82. The van der Waals surface area contributed by atoms with Crippen LogP contribution in [0.25, 0.3) is 0 Å². The monoisotopic (exact) mass is 375 g/mol. The van der Waals surface area contributed by atoms with Crippen molar-refractivity contribution in [2.75, 3.05) is 26.2 Å². The number of hydrogen-bond acceptors (Lipinski definition) is 4. The van der Waals surface area contributed by atoms with Gasteiger partial charge in [0, 0.05) is 31.2 Å². The molecule has 1 fully saturated rings. The molecular formula is C14H18ClN3O5S. The maximum absolute atomic E-state index is 12.0. The molecule has 0 aliphatic carbocycles. The van der Waals surface area contributed by atoms with Gasteiger partial charge in [-0.3, -0.25) is 4.79 Å². The van der Waals surface area contributed by atoms with Crippen molar-refractivity contribution in [3.63, 3.8) is 0 Å². The van der Waals surface area contributed by atoms with Crippen LogP contribution in [0.4, 0.5) is 4.79 Å². The number of nitrogens with one attached hydrogen (secondary N) is 2. The van der Waals surface area contributed by atoms with Crippen molar-refractivity contribution in [1.29, 1.82) is 0 Å². The number of carboxylic acids is 1. The van der Waals surface area contributed by atoms with Crippen LogP contribution in [0, 0.1) is 5.92 Å². The van der Waals surface area contributed by atoms with Gasteiger partial charge in [0.2, 0.25) is 10.0 Å². The number of halogens is 1. The quantitative estimate of drug-likeness (QED) is 0.634. The standard InChI is InChI=1S/C14H18ClN3O5S/c15-11-2-1-3-12(8-11)24(22,23)17-6-5-16-14(21)18-7-4-10(9-18)13(19)20/h1-3,8,10,17H,4-7,9H2,(H,16,21)(H,19,20). The molecule has 0 spiro atoms. The van der Waals surface area contributed by atoms with Gasteiger partial charge in [-0.15, -0.1) is 0 Å². The van der Waals surface area contributed by atoms with E-state index in [1.54, 1.807) is 6.07 Å². The van der Waals surface area contributed by atoms with Crippen LogP contribution in [-0.4, -0.2) is 56.6 Å². The predicted molar refractivity (Wildman–Crippen MR) is 87.4 cm³/mol. The third kappa shape index (κ3) is 4.83. The molecule has 1 aliphatic heterocycles. The Labute approximate surface area is 144 Å². The fraction of sp³-hybridized carbons (Fsp3) is 0.429. The van der Waals surface area contributed by atoms with Crippen LogP contribution < -0.4 is 10.0 Å². The van der Waals surface area contributed by atoms with Gasteiger partial charge in [0.15, 0.2) is 0 Å². The van der Waals surface area contributed by atoms with Crippen molar-refractivity contribution in [2.24, 2.45) is 5.92 Å². The Kier molecular flexibility index (Phi) is 6.03. The Balaban J connectivity index is 1.76. The predicted octanol–water partition coefficient (Wildman–Crippen LogP) is 0.734. The Morgan fingerprint density at radius 2 is 2.08 bits per heavy atom. The lowest BCUT2D eigenvalue weighted by Crippen LogP contribution is -2.42. The smallest absolute Gasteiger partial charge is 0.317 e. The van der Waals surface area contributed by atoms with E-state index in [0.29, 0.717) is 18.0 Å². The Bertz CT molecular complexity index is 725. The molecule has 1 heterocycles. The van der Waals surface area contributed by atoms with E-state index in [1.807, 2.05) is 0 Å². The third-order valence-electron chi connectivity index (χ3n) is 3.62. The Hall–Kier alpha value is -1.84. The highest BCUT2D eigenvalue weighted by Crippen LogP contribution is 2.16. The van der Waals surface area contributed by atoms with Gasteiger partial charge in [-0.2, -0.15) is 0 Å². The van der Waals surface area contributed by atoms with Crippen molar-refractivity contribution < 1.29 is 23.1 Å². The number of carbonyl (C=O) groups is 2. The van der Waals surface area contributed by atoms with E-state index in [-0.39, 0.29) is 24.5 Å². The summed E-state index contributed by atoms with van der Waals surface area (Å²) in [4.78, 5) is 24.2. The van der Waals surface area contributed by atoms with Crippen LogP contribution in [0.15, 0.2) is 29.2 Å². The number of carbonyl (C=O) groups excluding carboxylic acids is 1. The summed E-state index contributed by atoms with van der Waals surface area (Å²) < 4.78 is 26.5. The van der Waals surface area contributed by atoms with Gasteiger partial charge < -0.3 is 15.3 Å². The summed E-state index contributed by atoms with van der Waals surface area (Å²) in [6.45, 7) is 0.635. The van der Waals surface area contributed by atoms with Crippen LogP contribution in [0.5, 0.6) is 0 Å². The molecule has 0 aromatic heterocycles. The Morgan fingerprint density at radius 3 is 2.71 bits per heavy atom. The third-order valence-corrected chi connectivity index (χ3v) is 5.32. The fourth-order valence-electron chi connectivity index (χ4n) is 2.33. The van der Waals surface area contributed by atoms with Crippen molar-refractivity contribution in [3.8, 4) is 0 Å². The first-order chi connectivity index (χ1) is 11.3. The number of sulfonamides is 1. The van der Waals surface area contributed by atoms with E-state index in [4.69, 9.17) is 16.7 Å². The molecule has 2 rings (SSSR count). The number of amides is 2. The maximum Gasteiger partial charge on any atom is 0.317 e. The molecule has 1 unspecified atom stereocenters. The molecule has 10 heteroatoms. The first-order valence-electron chi connectivity index (χ1n) is 7.30. The highest BCUT2D eigenvalue weighted by molar-refractivity contribution is 7.89. The maximum atomic E-state index is 12.0. The highest BCUT2D eigenvalue weighted by atomic mass is 35.5. The highest BCUT2D eigenvalue weighted by Gasteiger charge is 2.30. The minimum absolute atomic E-state index is 0.0107. The molecule has 1 aliphatic rings. The number of carboxylic acid groups (broad SMARTS) is 1. The number of rotatable bonds is 6. The van der Waals surface area contributed by atoms with Crippen molar-refractivity contribution in [3.05, 3.63) is 29.3 Å². The Morgan fingerprint density at radius 1 is 1.33 bits per heavy atom. The SMILES string of the molecule is O=C(O)C1CCN(C(=O)NCCNS(=O)(=O)c2cccc(Cl)c2)C1. The first-order valence-corrected chi connectivity index (χ1v) is 9.16. The van der Waals surface area contributed by atoms with Crippen LogP contribution in [0.2, 0.25) is 5.02 Å². The van der Waals surface area contributed by atoms with Gasteiger partial charge in [-0.25, -0.2) is 17.9 Å². The molecule has 0 bridgehead atoms. The van der Waals surface area contributed by atoms with Gasteiger partial charge in [0.05, 0.1) is 10.8 Å². The summed E-state index contributed by atoms with van der Waals surface area (Å²) in [7, 11) is -3.70. The minimum atomic E-state index is -3.70. The molecule has 132 valence electrons. The molecule has 1 saturated heterocycles. The largest absolute Gasteiger partial charge is 0.481 e. The normalized spacial score (nSPS) is 17.7. The lowest BCUT2D eigenvalue weighted by atomic mass is 10.1. The molecule has 1 atom stereocenters. The lowest BCUT2D eigenvalue weighted by Gasteiger charge is -2.16. The van der Waals surface area contributed by atoms with E-state index in [0.717, 1.165) is 0 Å². The number of hydrogen-bond donors (Lipinski definition) is 3. The van der Waals surface area contributed by atoms with Crippen molar-refractivity contribution in [2.45, 2.75) is 11.3 Å². The summed E-state index contributed by atoms with van der Waals surface area (Å²) in [6, 6.07) is 5.45. The van der Waals surface area contributed by atoms with Gasteiger partial charge in [0.1, 0.15) is 0 Å². The summed E-state index contributed by atoms with van der Waals surface area (Å²) in [5, 5.41) is 11.8. The van der Waals surface area contributed by atoms with Crippen LogP contribution in [0.3, 0.4) is 0 Å². The minimum Gasteiger partial charge on any atom is -0.481 e. The summed E-state index contributed by atoms with van der Waals surface area (Å²) in [5.41, 5.74) is 0. The van der Waals surface area contributed by atoms with Crippen LogP contribution in [0.1, 0.15) is 6.42 Å². The van der Waals surface area contributed by atoms with E-state index < -0.39 is 27.9 Å². The van der Waals surface area contributed by atoms with Gasteiger partial charge in [0.25, 0.3) is 0 Å². The summed E-state index contributed by atoms with van der Waals surface area (Å²) in [5.74, 6) is -1.46. The van der Waals surface area contributed by atoms with E-state index in [1.165, 1.54) is 23.1 Å². The van der Waals surface area contributed by atoms with Gasteiger partial charge >= 0.3 is 12.0 Å². The van der Waals surface area contributed by atoms with Gasteiger partial charge in [-0.1, -0.05) is 17.7 Å². The molecule has 8 nitrogen and oxygen atoms in total. The average molecular weight is 376 g/mol. The number of benzene rings is 1. The second-order valence-electron chi connectivity index (χ2n) is 5.36. The lowest BCUT2D eigenvalue weighted by molar-refractivity contribution is -0.141. The molecule has 2 amide bonds. The summed E-state index contributed by atoms with van der Waals surface area (Å²) >= 11 is 5.76. The van der Waals surface area contributed by atoms with E-state index >= 15 is 0 Å². The number of nitrogens with zero attached hydrogens (tertiary/aromatic N) is 1. The van der Waals surface area contributed by atoms with Crippen LogP contribution >= 0.6 is 11.6 Å². The van der Waals surface area contributed by atoms with Gasteiger partial charge in [-0.05, 0) is 24.6 Å². The molecule has 1 aromatic rings. The molecule has 0 radical (unpaired) electrons. The zero-order valence-corrected chi connectivity index (χ0v) is 14.3. The van der Waals surface area contributed by atoms with Crippen molar-refractivity contribution in [1.82, 2.24) is 14.9 Å². The first kappa shape index (κ1) is 18.5. The van der Waals surface area contributed by atoms with Crippen LogP contribution in [-0.2, 0) is 14.8 Å².